The van der Waals surface area contributed by atoms with E-state index in [0.717, 1.165) is 25.3 Å². The number of hydrogen-bond donors (Lipinski definition) is 1. The Balaban J connectivity index is 2.22. The van der Waals surface area contributed by atoms with E-state index < -0.39 is 0 Å². The third-order valence-electron chi connectivity index (χ3n) is 3.20. The van der Waals surface area contributed by atoms with E-state index in [4.69, 9.17) is 5.26 Å². The van der Waals surface area contributed by atoms with Crippen LogP contribution in [-0.2, 0) is 0 Å². The van der Waals surface area contributed by atoms with Crippen molar-refractivity contribution >= 4 is 5.69 Å². The van der Waals surface area contributed by atoms with Crippen molar-refractivity contribution < 1.29 is 5.11 Å². The van der Waals surface area contributed by atoms with E-state index in [2.05, 4.69) is 22.9 Å². The van der Waals surface area contributed by atoms with Crippen LogP contribution in [0, 0.1) is 11.3 Å². The zero-order chi connectivity index (χ0) is 12.3. The Morgan fingerprint density at radius 2 is 2.29 bits per heavy atom. The largest absolute Gasteiger partial charge is 0.394 e. The maximum absolute atomic E-state index is 9.43. The molecule has 17 heavy (non-hydrogen) atoms. The lowest BCUT2D eigenvalue weighted by Gasteiger charge is -2.40. The van der Waals surface area contributed by atoms with Gasteiger partial charge in [-0.1, -0.05) is 6.07 Å². The van der Waals surface area contributed by atoms with Gasteiger partial charge in [0.1, 0.15) is 0 Å². The maximum Gasteiger partial charge on any atom is 0.0992 e. The van der Waals surface area contributed by atoms with Gasteiger partial charge in [0, 0.05) is 25.3 Å². The summed E-state index contributed by atoms with van der Waals surface area (Å²) < 4.78 is 0. The molecule has 1 atom stereocenters. The lowest BCUT2D eigenvalue weighted by molar-refractivity contribution is 0.191. The molecule has 0 radical (unpaired) electrons. The average Bonchev–Trinajstić information content (AvgIpc) is 2.38. The third-order valence-corrected chi connectivity index (χ3v) is 3.20. The Morgan fingerprint density at radius 3 is 3.00 bits per heavy atom. The highest BCUT2D eigenvalue weighted by molar-refractivity contribution is 5.52. The molecule has 0 spiro atoms. The summed E-state index contributed by atoms with van der Waals surface area (Å²) in [6.45, 7) is 2.86. The summed E-state index contributed by atoms with van der Waals surface area (Å²) in [4.78, 5) is 4.40. The van der Waals surface area contributed by atoms with Crippen molar-refractivity contribution in [3.8, 4) is 6.07 Å². The highest BCUT2D eigenvalue weighted by atomic mass is 16.3. The topological polar surface area (TPSA) is 50.5 Å². The summed E-state index contributed by atoms with van der Waals surface area (Å²) in [7, 11) is 2.06. The molecule has 1 aliphatic rings. The monoisotopic (exact) mass is 231 g/mol. The van der Waals surface area contributed by atoms with Crippen LogP contribution >= 0.6 is 0 Å². The summed E-state index contributed by atoms with van der Waals surface area (Å²) in [5, 5.41) is 18.3. The van der Waals surface area contributed by atoms with E-state index in [0.29, 0.717) is 5.56 Å². The number of nitriles is 1. The highest BCUT2D eigenvalue weighted by Crippen LogP contribution is 2.21. The predicted molar refractivity (Wildman–Crippen MR) is 66.9 cm³/mol. The summed E-state index contributed by atoms with van der Waals surface area (Å²) in [5.74, 6) is 0. The van der Waals surface area contributed by atoms with Gasteiger partial charge < -0.3 is 14.9 Å². The van der Waals surface area contributed by atoms with E-state index in [9.17, 15) is 5.11 Å². The van der Waals surface area contributed by atoms with E-state index in [1.165, 1.54) is 0 Å². The summed E-state index contributed by atoms with van der Waals surface area (Å²) >= 11 is 0. The van der Waals surface area contributed by atoms with E-state index in [-0.39, 0.29) is 12.6 Å². The number of likely N-dealkylation sites (N-methyl/N-ethyl adjacent to an activating group) is 1. The van der Waals surface area contributed by atoms with Gasteiger partial charge in [-0.3, -0.25) is 0 Å². The van der Waals surface area contributed by atoms with Gasteiger partial charge in [0.15, 0.2) is 0 Å². The fourth-order valence-electron chi connectivity index (χ4n) is 2.26. The van der Waals surface area contributed by atoms with Gasteiger partial charge in [0.05, 0.1) is 24.3 Å². The fraction of sp³-hybridized carbons (Fsp3) is 0.462. The maximum atomic E-state index is 9.43. The molecule has 1 unspecified atom stereocenters. The number of benzene rings is 1. The van der Waals surface area contributed by atoms with Gasteiger partial charge in [0.2, 0.25) is 0 Å². The van der Waals surface area contributed by atoms with Crippen LogP contribution in [0.1, 0.15) is 5.56 Å². The van der Waals surface area contributed by atoms with Crippen LogP contribution in [0.15, 0.2) is 24.3 Å². The molecule has 1 aliphatic heterocycles. The number of piperazine rings is 1. The van der Waals surface area contributed by atoms with Crippen molar-refractivity contribution in [2.24, 2.45) is 0 Å². The van der Waals surface area contributed by atoms with Crippen molar-refractivity contribution in [3.63, 3.8) is 0 Å². The van der Waals surface area contributed by atoms with E-state index >= 15 is 0 Å². The van der Waals surface area contributed by atoms with Gasteiger partial charge in [0.25, 0.3) is 0 Å². The van der Waals surface area contributed by atoms with Crippen LogP contribution < -0.4 is 4.90 Å². The number of rotatable bonds is 2. The summed E-state index contributed by atoms with van der Waals surface area (Å²) in [6, 6.07) is 9.83. The SMILES string of the molecule is CN1CCN(c2cccc(C#N)c2)C(CO)C1. The van der Waals surface area contributed by atoms with Crippen molar-refractivity contribution in [2.75, 3.05) is 38.2 Å². The summed E-state index contributed by atoms with van der Waals surface area (Å²) in [6.07, 6.45) is 0. The second-order valence-electron chi connectivity index (χ2n) is 4.45. The molecule has 0 saturated carbocycles. The molecule has 90 valence electrons. The number of aliphatic hydroxyl groups is 1. The summed E-state index contributed by atoms with van der Waals surface area (Å²) in [5.41, 5.74) is 1.69. The normalized spacial score (nSPS) is 21.2. The van der Waals surface area contributed by atoms with Gasteiger partial charge in [-0.2, -0.15) is 5.26 Å². The molecule has 1 saturated heterocycles. The minimum absolute atomic E-state index is 0.114. The first-order chi connectivity index (χ1) is 8.24. The zero-order valence-electron chi connectivity index (χ0n) is 10.0. The minimum Gasteiger partial charge on any atom is -0.394 e. The van der Waals surface area contributed by atoms with Crippen LogP contribution in [0.3, 0.4) is 0 Å². The Kier molecular flexibility index (Phi) is 3.62. The van der Waals surface area contributed by atoms with Gasteiger partial charge in [-0.05, 0) is 25.2 Å². The lowest BCUT2D eigenvalue weighted by atomic mass is 10.1. The van der Waals surface area contributed by atoms with Crippen LogP contribution in [0.4, 0.5) is 5.69 Å². The van der Waals surface area contributed by atoms with Crippen molar-refractivity contribution in [3.05, 3.63) is 29.8 Å². The van der Waals surface area contributed by atoms with Crippen molar-refractivity contribution in [1.29, 1.82) is 5.26 Å². The molecule has 1 fully saturated rings. The number of anilines is 1. The zero-order valence-corrected chi connectivity index (χ0v) is 10.0. The molecule has 4 heteroatoms. The molecule has 0 bridgehead atoms. The first-order valence-corrected chi connectivity index (χ1v) is 5.81. The van der Waals surface area contributed by atoms with Gasteiger partial charge in [-0.15, -0.1) is 0 Å². The van der Waals surface area contributed by atoms with Crippen LogP contribution in [0.2, 0.25) is 0 Å². The molecule has 0 amide bonds. The minimum atomic E-state index is 0.114. The molecule has 2 rings (SSSR count). The first kappa shape index (κ1) is 11.9. The van der Waals surface area contributed by atoms with E-state index in [1.54, 1.807) is 6.07 Å². The Bertz CT molecular complexity index is 427. The molecule has 0 aromatic heterocycles. The molecule has 1 aromatic rings. The third kappa shape index (κ3) is 2.57. The standard InChI is InChI=1S/C13H17N3O/c1-15-5-6-16(13(9-15)10-17)12-4-2-3-11(7-12)8-14/h2-4,7,13,17H,5-6,9-10H2,1H3. The second kappa shape index (κ2) is 5.17. The smallest absolute Gasteiger partial charge is 0.0992 e. The van der Waals surface area contributed by atoms with Gasteiger partial charge >= 0.3 is 0 Å². The highest BCUT2D eigenvalue weighted by Gasteiger charge is 2.24. The predicted octanol–water partition coefficient (Wildman–Crippen LogP) is 0.671. The Morgan fingerprint density at radius 1 is 1.47 bits per heavy atom. The van der Waals surface area contributed by atoms with Crippen molar-refractivity contribution in [2.45, 2.75) is 6.04 Å². The molecule has 1 N–H and O–H groups in total. The van der Waals surface area contributed by atoms with Crippen molar-refractivity contribution in [1.82, 2.24) is 4.90 Å². The first-order valence-electron chi connectivity index (χ1n) is 5.81. The molecule has 1 heterocycles. The van der Waals surface area contributed by atoms with E-state index in [1.807, 2.05) is 18.2 Å². The Hall–Kier alpha value is -1.57. The van der Waals surface area contributed by atoms with Crippen LogP contribution in [-0.4, -0.2) is 49.3 Å². The van der Waals surface area contributed by atoms with Crippen LogP contribution in [0.5, 0.6) is 0 Å². The molecular formula is C13H17N3O. The Labute approximate surface area is 102 Å². The van der Waals surface area contributed by atoms with Crippen LogP contribution in [0.25, 0.3) is 0 Å². The number of aliphatic hydroxyl groups excluding tert-OH is 1. The average molecular weight is 231 g/mol. The molecule has 1 aromatic carbocycles. The second-order valence-corrected chi connectivity index (χ2v) is 4.45. The van der Waals surface area contributed by atoms with Gasteiger partial charge in [-0.25, -0.2) is 0 Å². The fourth-order valence-corrected chi connectivity index (χ4v) is 2.26. The number of nitrogens with zero attached hydrogens (tertiary/aromatic N) is 3. The quantitative estimate of drug-likeness (QED) is 0.813. The molecule has 0 aliphatic carbocycles. The number of hydrogen-bond acceptors (Lipinski definition) is 4. The molecule has 4 nitrogen and oxygen atoms in total. The molecular weight excluding hydrogens is 214 g/mol. The lowest BCUT2D eigenvalue weighted by Crippen LogP contribution is -2.53.